The zero-order chi connectivity index (χ0) is 15.9. The van der Waals surface area contributed by atoms with Crippen LogP contribution in [-0.4, -0.2) is 22.0 Å². The first-order valence-corrected chi connectivity index (χ1v) is 6.80. The van der Waals surface area contributed by atoms with Crippen LogP contribution in [0, 0.1) is 10.1 Å². The fourth-order valence-electron chi connectivity index (χ4n) is 2.17. The normalized spacial score (nSPS) is 11.8. The van der Waals surface area contributed by atoms with E-state index in [1.54, 1.807) is 18.2 Å². The van der Waals surface area contributed by atoms with Gasteiger partial charge in [0.05, 0.1) is 4.92 Å². The molecule has 0 bridgehead atoms. The van der Waals surface area contributed by atoms with E-state index in [0.29, 0.717) is 12.0 Å². The van der Waals surface area contributed by atoms with Gasteiger partial charge in [-0.1, -0.05) is 48.5 Å². The van der Waals surface area contributed by atoms with Gasteiger partial charge in [0.25, 0.3) is 5.69 Å². The van der Waals surface area contributed by atoms with Crippen molar-refractivity contribution in [3.05, 3.63) is 75.8 Å². The summed E-state index contributed by atoms with van der Waals surface area (Å²) in [5, 5.41) is 23.1. The van der Waals surface area contributed by atoms with Crippen LogP contribution >= 0.6 is 0 Å². The molecule has 0 aliphatic heterocycles. The van der Waals surface area contributed by atoms with Crippen molar-refractivity contribution in [2.75, 3.05) is 0 Å². The number of nitro benzene ring substituents is 1. The summed E-state index contributed by atoms with van der Waals surface area (Å²) in [5.74, 6) is -0.984. The molecular formula is C16H16N2O4. The van der Waals surface area contributed by atoms with Gasteiger partial charge < -0.3 is 5.11 Å². The summed E-state index contributed by atoms with van der Waals surface area (Å²) in [6, 6.07) is 14.7. The van der Waals surface area contributed by atoms with Crippen LogP contribution in [0.4, 0.5) is 5.69 Å². The average Bonchev–Trinajstić information content (AvgIpc) is 2.52. The lowest BCUT2D eigenvalue weighted by molar-refractivity contribution is -0.385. The highest BCUT2D eigenvalue weighted by molar-refractivity contribution is 5.74. The number of nitro groups is 1. The number of benzene rings is 2. The van der Waals surface area contributed by atoms with E-state index in [1.165, 1.54) is 6.07 Å². The second-order valence-electron chi connectivity index (χ2n) is 4.85. The number of carboxylic acid groups (broad SMARTS) is 1. The predicted molar refractivity (Wildman–Crippen MR) is 81.5 cm³/mol. The lowest BCUT2D eigenvalue weighted by atomic mass is 10.1. The number of aliphatic carboxylic acids is 1. The molecule has 6 nitrogen and oxygen atoms in total. The Kier molecular flexibility index (Phi) is 5.21. The van der Waals surface area contributed by atoms with Crippen molar-refractivity contribution < 1.29 is 14.8 Å². The van der Waals surface area contributed by atoms with Crippen LogP contribution in [0.3, 0.4) is 0 Å². The first-order chi connectivity index (χ1) is 10.6. The van der Waals surface area contributed by atoms with Crippen molar-refractivity contribution in [3.63, 3.8) is 0 Å². The van der Waals surface area contributed by atoms with Gasteiger partial charge in [-0.3, -0.25) is 20.2 Å². The molecule has 2 rings (SSSR count). The third-order valence-electron chi connectivity index (χ3n) is 3.31. The van der Waals surface area contributed by atoms with Crippen molar-refractivity contribution in [2.24, 2.45) is 0 Å². The standard InChI is InChI=1S/C16H16N2O4/c19-16(20)14(10-12-6-2-1-3-7-12)17-11-13-8-4-5-9-15(13)18(21)22/h1-9,14,17H,10-11H2,(H,19,20)/t14-/m0/s1. The SMILES string of the molecule is O=C(O)[C@H](Cc1ccccc1)NCc1ccccc1[N+](=O)[O-]. The van der Waals surface area contributed by atoms with E-state index in [2.05, 4.69) is 5.32 Å². The topological polar surface area (TPSA) is 92.5 Å². The van der Waals surface area contributed by atoms with E-state index in [-0.39, 0.29) is 12.2 Å². The van der Waals surface area contributed by atoms with E-state index >= 15 is 0 Å². The molecule has 2 aromatic carbocycles. The molecule has 0 fully saturated rings. The number of para-hydroxylation sites is 1. The lowest BCUT2D eigenvalue weighted by Crippen LogP contribution is -2.38. The van der Waals surface area contributed by atoms with Crippen LogP contribution in [0.1, 0.15) is 11.1 Å². The van der Waals surface area contributed by atoms with Crippen LogP contribution in [-0.2, 0) is 17.8 Å². The Balaban J connectivity index is 2.07. The third kappa shape index (κ3) is 4.13. The van der Waals surface area contributed by atoms with E-state index in [0.717, 1.165) is 5.56 Å². The largest absolute Gasteiger partial charge is 0.480 e. The maximum absolute atomic E-state index is 11.3. The molecule has 0 unspecified atom stereocenters. The van der Waals surface area contributed by atoms with Crippen LogP contribution in [0.15, 0.2) is 54.6 Å². The molecule has 0 saturated carbocycles. The second-order valence-corrected chi connectivity index (χ2v) is 4.85. The molecule has 0 amide bonds. The lowest BCUT2D eigenvalue weighted by Gasteiger charge is -2.14. The minimum atomic E-state index is -0.984. The van der Waals surface area contributed by atoms with Crippen molar-refractivity contribution >= 4 is 11.7 Å². The molecular weight excluding hydrogens is 284 g/mol. The summed E-state index contributed by atoms with van der Waals surface area (Å²) < 4.78 is 0. The first kappa shape index (κ1) is 15.7. The Bertz CT molecular complexity index is 658. The molecule has 2 N–H and O–H groups in total. The first-order valence-electron chi connectivity index (χ1n) is 6.80. The molecule has 6 heteroatoms. The van der Waals surface area contributed by atoms with Crippen molar-refractivity contribution in [3.8, 4) is 0 Å². The van der Waals surface area contributed by atoms with Crippen LogP contribution < -0.4 is 5.32 Å². The molecule has 0 heterocycles. The zero-order valence-corrected chi connectivity index (χ0v) is 11.8. The molecule has 0 saturated heterocycles. The Labute approximate surface area is 127 Å². The quantitative estimate of drug-likeness (QED) is 0.605. The van der Waals surface area contributed by atoms with Crippen molar-refractivity contribution in [1.82, 2.24) is 5.32 Å². The number of hydrogen-bond donors (Lipinski definition) is 2. The van der Waals surface area contributed by atoms with Gasteiger partial charge in [0, 0.05) is 18.2 Å². The molecule has 0 spiro atoms. The van der Waals surface area contributed by atoms with Gasteiger partial charge >= 0.3 is 5.97 Å². The minimum absolute atomic E-state index is 0.0150. The summed E-state index contributed by atoms with van der Waals surface area (Å²) in [6.45, 7) is 0.126. The Morgan fingerprint density at radius 3 is 2.41 bits per heavy atom. The molecule has 1 atom stereocenters. The van der Waals surface area contributed by atoms with Gasteiger partial charge in [-0.05, 0) is 12.0 Å². The summed E-state index contributed by atoms with van der Waals surface area (Å²) in [6.07, 6.45) is 0.316. The van der Waals surface area contributed by atoms with Gasteiger partial charge in [-0.15, -0.1) is 0 Å². The Morgan fingerprint density at radius 1 is 1.14 bits per heavy atom. The number of hydrogen-bond acceptors (Lipinski definition) is 4. The zero-order valence-electron chi connectivity index (χ0n) is 11.8. The number of carboxylic acids is 1. The highest BCUT2D eigenvalue weighted by Gasteiger charge is 2.19. The van der Waals surface area contributed by atoms with E-state index in [1.807, 2.05) is 30.3 Å². The summed E-state index contributed by atoms with van der Waals surface area (Å²) in [5.41, 5.74) is 1.34. The minimum Gasteiger partial charge on any atom is -0.480 e. The Hall–Kier alpha value is -2.73. The monoisotopic (exact) mass is 300 g/mol. The maximum Gasteiger partial charge on any atom is 0.321 e. The fraction of sp³-hybridized carbons (Fsp3) is 0.188. The Morgan fingerprint density at radius 2 is 1.77 bits per heavy atom. The smallest absolute Gasteiger partial charge is 0.321 e. The molecule has 0 radical (unpaired) electrons. The van der Waals surface area contributed by atoms with Gasteiger partial charge in [-0.25, -0.2) is 0 Å². The van der Waals surface area contributed by atoms with Gasteiger partial charge in [0.1, 0.15) is 6.04 Å². The predicted octanol–water partition coefficient (Wildman–Crippen LogP) is 2.38. The maximum atomic E-state index is 11.3. The number of nitrogens with zero attached hydrogens (tertiary/aromatic N) is 1. The van der Waals surface area contributed by atoms with Gasteiger partial charge in [0.2, 0.25) is 0 Å². The van der Waals surface area contributed by atoms with Crippen molar-refractivity contribution in [2.45, 2.75) is 19.0 Å². The van der Waals surface area contributed by atoms with E-state index < -0.39 is 16.9 Å². The third-order valence-corrected chi connectivity index (χ3v) is 3.31. The molecule has 2 aromatic rings. The van der Waals surface area contributed by atoms with Crippen LogP contribution in [0.5, 0.6) is 0 Å². The highest BCUT2D eigenvalue weighted by Crippen LogP contribution is 2.17. The van der Waals surface area contributed by atoms with Crippen molar-refractivity contribution in [1.29, 1.82) is 0 Å². The van der Waals surface area contributed by atoms with Gasteiger partial charge in [-0.2, -0.15) is 0 Å². The summed E-state index contributed by atoms with van der Waals surface area (Å²) in [7, 11) is 0. The van der Waals surface area contributed by atoms with Crippen LogP contribution in [0.2, 0.25) is 0 Å². The molecule has 22 heavy (non-hydrogen) atoms. The van der Waals surface area contributed by atoms with Crippen LogP contribution in [0.25, 0.3) is 0 Å². The summed E-state index contributed by atoms with van der Waals surface area (Å²) in [4.78, 5) is 21.8. The molecule has 0 aliphatic rings. The number of nitrogens with one attached hydrogen (secondary N) is 1. The summed E-state index contributed by atoms with van der Waals surface area (Å²) >= 11 is 0. The fourth-order valence-corrected chi connectivity index (χ4v) is 2.17. The van der Waals surface area contributed by atoms with Gasteiger partial charge in [0.15, 0.2) is 0 Å². The van der Waals surface area contributed by atoms with E-state index in [9.17, 15) is 20.0 Å². The number of carbonyl (C=O) groups is 1. The second kappa shape index (κ2) is 7.33. The molecule has 114 valence electrons. The average molecular weight is 300 g/mol. The highest BCUT2D eigenvalue weighted by atomic mass is 16.6. The molecule has 0 aromatic heterocycles. The van der Waals surface area contributed by atoms with E-state index in [4.69, 9.17) is 0 Å². The number of rotatable bonds is 7. The molecule has 0 aliphatic carbocycles.